The Morgan fingerprint density at radius 2 is 2.28 bits per heavy atom. The van der Waals surface area contributed by atoms with Gasteiger partial charge in [-0.3, -0.25) is 0 Å². The molecule has 0 aliphatic carbocycles. The largest absolute Gasteiger partial charge is 0.389 e. The van der Waals surface area contributed by atoms with E-state index in [1.54, 1.807) is 18.0 Å². The van der Waals surface area contributed by atoms with Crippen LogP contribution in [-0.2, 0) is 6.42 Å². The summed E-state index contributed by atoms with van der Waals surface area (Å²) in [6, 6.07) is 6.07. The number of aryl methyl sites for hydroxylation is 1. The summed E-state index contributed by atoms with van der Waals surface area (Å²) in [5, 5.41) is 0. The summed E-state index contributed by atoms with van der Waals surface area (Å²) >= 11 is 6.83. The van der Waals surface area contributed by atoms with Crippen LogP contribution in [0.2, 0.25) is 0 Å². The minimum atomic E-state index is 0.422. The van der Waals surface area contributed by atoms with E-state index in [-0.39, 0.29) is 0 Å². The maximum Gasteiger partial charge on any atom is 0.112 e. The molecule has 3 nitrogen and oxygen atoms in total. The highest BCUT2D eigenvalue weighted by molar-refractivity contribution is 7.98. The molecule has 2 aromatic rings. The van der Waals surface area contributed by atoms with Gasteiger partial charge in [0.25, 0.3) is 0 Å². The highest BCUT2D eigenvalue weighted by Gasteiger charge is 2.13. The Hall–Kier alpha value is -1.33. The summed E-state index contributed by atoms with van der Waals surface area (Å²) in [6.45, 7) is 2.08. The Kier molecular flexibility index (Phi) is 4.04. The molecule has 0 aliphatic heterocycles. The molecule has 0 spiro atoms. The van der Waals surface area contributed by atoms with Gasteiger partial charge in [0.05, 0.1) is 5.69 Å². The van der Waals surface area contributed by atoms with Crippen LogP contribution in [0.4, 0.5) is 0 Å². The lowest BCUT2D eigenvalue weighted by atomic mass is 10.1. The lowest BCUT2D eigenvalue weighted by molar-refractivity contribution is 0.887. The number of thiocarbonyl (C=S) groups is 1. The third kappa shape index (κ3) is 2.28. The molecule has 0 radical (unpaired) electrons. The van der Waals surface area contributed by atoms with Gasteiger partial charge in [-0.25, -0.2) is 4.98 Å². The molecule has 94 valence electrons. The van der Waals surface area contributed by atoms with Gasteiger partial charge in [0.1, 0.15) is 10.8 Å². The summed E-state index contributed by atoms with van der Waals surface area (Å²) in [5.74, 6) is 1.01. The smallest absolute Gasteiger partial charge is 0.112 e. The Balaban J connectivity index is 2.67. The molecule has 0 atom stereocenters. The maximum atomic E-state index is 5.87. The molecule has 0 bridgehead atoms. The molecular weight excluding hydrogens is 262 g/mol. The Bertz CT molecular complexity index is 575. The number of rotatable bonds is 4. The SMILES string of the molecule is CCc1nccn1-c1cccc(SC)c1C(N)=S. The molecule has 18 heavy (non-hydrogen) atoms. The van der Waals surface area contributed by atoms with Gasteiger partial charge in [0, 0.05) is 29.3 Å². The standard InChI is InChI=1S/C13H15N3S2/c1-3-11-15-7-8-16(11)9-5-4-6-10(18-2)12(9)13(14)17/h4-8H,3H2,1-2H3,(H2,14,17). The Labute approximate surface area is 116 Å². The first-order valence-electron chi connectivity index (χ1n) is 5.68. The number of benzene rings is 1. The highest BCUT2D eigenvalue weighted by Crippen LogP contribution is 2.26. The lowest BCUT2D eigenvalue weighted by Crippen LogP contribution is -2.15. The van der Waals surface area contributed by atoms with Gasteiger partial charge < -0.3 is 10.3 Å². The minimum absolute atomic E-state index is 0.422. The van der Waals surface area contributed by atoms with Crippen LogP contribution >= 0.6 is 24.0 Å². The van der Waals surface area contributed by atoms with Crippen molar-refractivity contribution in [3.63, 3.8) is 0 Å². The van der Waals surface area contributed by atoms with Crippen LogP contribution in [0.3, 0.4) is 0 Å². The average Bonchev–Trinajstić information content (AvgIpc) is 2.85. The van der Waals surface area contributed by atoms with E-state index in [2.05, 4.69) is 11.9 Å². The normalized spacial score (nSPS) is 10.6. The molecular formula is C13H15N3S2. The van der Waals surface area contributed by atoms with Crippen molar-refractivity contribution in [2.45, 2.75) is 18.2 Å². The zero-order valence-corrected chi connectivity index (χ0v) is 12.0. The number of nitrogens with two attached hydrogens (primary N) is 1. The molecule has 0 unspecified atom stereocenters. The Morgan fingerprint density at radius 1 is 1.50 bits per heavy atom. The zero-order valence-electron chi connectivity index (χ0n) is 10.4. The van der Waals surface area contributed by atoms with Crippen molar-refractivity contribution >= 4 is 29.0 Å². The van der Waals surface area contributed by atoms with Gasteiger partial charge in [-0.05, 0) is 18.4 Å². The van der Waals surface area contributed by atoms with Crippen LogP contribution in [0, 0.1) is 0 Å². The molecule has 2 N–H and O–H groups in total. The van der Waals surface area contributed by atoms with Crippen molar-refractivity contribution in [2.24, 2.45) is 5.73 Å². The molecule has 0 saturated carbocycles. The molecule has 5 heteroatoms. The second-order valence-corrected chi connectivity index (χ2v) is 5.07. The minimum Gasteiger partial charge on any atom is -0.389 e. The van der Waals surface area contributed by atoms with Crippen LogP contribution < -0.4 is 5.73 Å². The van der Waals surface area contributed by atoms with Gasteiger partial charge in [0.15, 0.2) is 0 Å². The number of thioether (sulfide) groups is 1. The van der Waals surface area contributed by atoms with E-state index in [0.29, 0.717) is 4.99 Å². The van der Waals surface area contributed by atoms with E-state index < -0.39 is 0 Å². The third-order valence-corrected chi connectivity index (χ3v) is 3.75. The first-order valence-corrected chi connectivity index (χ1v) is 7.31. The summed E-state index contributed by atoms with van der Waals surface area (Å²) in [6.07, 6.45) is 6.64. The van der Waals surface area contributed by atoms with E-state index in [9.17, 15) is 0 Å². The molecule has 1 heterocycles. The van der Waals surface area contributed by atoms with Crippen LogP contribution in [0.25, 0.3) is 5.69 Å². The second-order valence-electron chi connectivity index (χ2n) is 3.79. The van der Waals surface area contributed by atoms with Crippen molar-refractivity contribution in [1.82, 2.24) is 9.55 Å². The van der Waals surface area contributed by atoms with E-state index in [1.165, 1.54) is 0 Å². The van der Waals surface area contributed by atoms with E-state index in [4.69, 9.17) is 18.0 Å². The first kappa shape index (κ1) is 13.1. The molecule has 2 rings (SSSR count). The van der Waals surface area contributed by atoms with Gasteiger partial charge >= 0.3 is 0 Å². The summed E-state index contributed by atoms with van der Waals surface area (Å²) in [4.78, 5) is 5.85. The molecule has 0 fully saturated rings. The molecule has 1 aromatic heterocycles. The van der Waals surface area contributed by atoms with Crippen LogP contribution in [0.15, 0.2) is 35.5 Å². The van der Waals surface area contributed by atoms with E-state index >= 15 is 0 Å². The van der Waals surface area contributed by atoms with Crippen molar-refractivity contribution in [3.05, 3.63) is 42.0 Å². The highest BCUT2D eigenvalue weighted by atomic mass is 32.2. The summed E-state index contributed by atoms with van der Waals surface area (Å²) in [5.41, 5.74) is 7.80. The number of hydrogen-bond acceptors (Lipinski definition) is 3. The predicted octanol–water partition coefficient (Wildman–Crippen LogP) is 2.79. The summed E-state index contributed by atoms with van der Waals surface area (Å²) < 4.78 is 2.05. The van der Waals surface area contributed by atoms with Crippen molar-refractivity contribution < 1.29 is 0 Å². The van der Waals surface area contributed by atoms with Crippen LogP contribution in [0.1, 0.15) is 18.3 Å². The van der Waals surface area contributed by atoms with Gasteiger partial charge in [-0.2, -0.15) is 0 Å². The molecule has 0 aliphatic rings. The number of hydrogen-bond donors (Lipinski definition) is 1. The second kappa shape index (κ2) is 5.54. The van der Waals surface area contributed by atoms with Crippen molar-refractivity contribution in [1.29, 1.82) is 0 Å². The maximum absolute atomic E-state index is 5.87. The average molecular weight is 277 g/mol. The Morgan fingerprint density at radius 3 is 2.89 bits per heavy atom. The summed E-state index contributed by atoms with van der Waals surface area (Å²) in [7, 11) is 0. The number of nitrogens with zero attached hydrogens (tertiary/aromatic N) is 2. The zero-order chi connectivity index (χ0) is 13.1. The topological polar surface area (TPSA) is 43.8 Å². The van der Waals surface area contributed by atoms with E-state index in [1.807, 2.05) is 35.2 Å². The fourth-order valence-electron chi connectivity index (χ4n) is 1.95. The first-order chi connectivity index (χ1) is 8.69. The van der Waals surface area contributed by atoms with Crippen molar-refractivity contribution in [2.75, 3.05) is 6.26 Å². The lowest BCUT2D eigenvalue weighted by Gasteiger charge is -2.14. The molecule has 0 amide bonds. The van der Waals surface area contributed by atoms with Gasteiger partial charge in [-0.1, -0.05) is 25.2 Å². The predicted molar refractivity (Wildman–Crippen MR) is 80.6 cm³/mol. The monoisotopic (exact) mass is 277 g/mol. The number of aromatic nitrogens is 2. The molecule has 1 aromatic carbocycles. The molecule has 0 saturated heterocycles. The van der Waals surface area contributed by atoms with Gasteiger partial charge in [-0.15, -0.1) is 11.8 Å². The number of imidazole rings is 1. The van der Waals surface area contributed by atoms with Crippen LogP contribution in [-0.4, -0.2) is 20.8 Å². The fraction of sp³-hybridized carbons (Fsp3) is 0.231. The quantitative estimate of drug-likeness (QED) is 0.689. The van der Waals surface area contributed by atoms with Crippen LogP contribution in [0.5, 0.6) is 0 Å². The van der Waals surface area contributed by atoms with E-state index in [0.717, 1.165) is 28.4 Å². The van der Waals surface area contributed by atoms with Gasteiger partial charge in [0.2, 0.25) is 0 Å². The van der Waals surface area contributed by atoms with Crippen molar-refractivity contribution in [3.8, 4) is 5.69 Å². The third-order valence-electron chi connectivity index (χ3n) is 2.76. The fourth-order valence-corrected chi connectivity index (χ4v) is 2.87.